The number of ether oxygens (including phenoxy) is 1. The Hall–Kier alpha value is -2.74. The van der Waals surface area contributed by atoms with Crippen LogP contribution >= 0.6 is 46.4 Å². The van der Waals surface area contributed by atoms with Crippen molar-refractivity contribution in [2.45, 2.75) is 29.5 Å². The number of phenols is 2. The van der Waals surface area contributed by atoms with Crippen molar-refractivity contribution >= 4 is 66.5 Å². The molecule has 4 N–H and O–H groups in total. The summed E-state index contributed by atoms with van der Waals surface area (Å²) in [5.74, 6) is -0.993. The summed E-state index contributed by atoms with van der Waals surface area (Å²) in [6.45, 7) is -0.345. The number of benzene rings is 4. The Bertz CT molecular complexity index is 1730. The van der Waals surface area contributed by atoms with Crippen molar-refractivity contribution in [3.8, 4) is 17.2 Å². The summed E-state index contributed by atoms with van der Waals surface area (Å²) in [5.41, 5.74) is 1.67. The van der Waals surface area contributed by atoms with E-state index in [-0.39, 0.29) is 39.8 Å². The van der Waals surface area contributed by atoms with Crippen LogP contribution in [0.4, 0.5) is 0 Å². The van der Waals surface area contributed by atoms with Gasteiger partial charge < -0.3 is 14.9 Å². The Kier molecular flexibility index (Phi) is 10.2. The van der Waals surface area contributed by atoms with Crippen LogP contribution in [0.1, 0.15) is 16.7 Å². The molecule has 4 aromatic carbocycles. The van der Waals surface area contributed by atoms with Gasteiger partial charge in [-0.15, -0.1) is 0 Å². The van der Waals surface area contributed by atoms with E-state index in [1.807, 2.05) is 30.3 Å². The molecule has 9 nitrogen and oxygen atoms in total. The monoisotopic (exact) mass is 690 g/mol. The predicted molar refractivity (Wildman–Crippen MR) is 162 cm³/mol. The minimum atomic E-state index is -4.27. The van der Waals surface area contributed by atoms with Gasteiger partial charge in [-0.2, -0.15) is 0 Å². The maximum absolute atomic E-state index is 13.0. The Morgan fingerprint density at radius 3 is 1.52 bits per heavy atom. The summed E-state index contributed by atoms with van der Waals surface area (Å²) >= 11 is 23.6. The van der Waals surface area contributed by atoms with Gasteiger partial charge in [0.25, 0.3) is 0 Å². The number of halogens is 4. The zero-order chi connectivity index (χ0) is 30.7. The third kappa shape index (κ3) is 8.00. The van der Waals surface area contributed by atoms with Crippen LogP contribution in [0.15, 0.2) is 82.6 Å². The number of aromatic hydroxyl groups is 2. The number of nitrogens with one attached hydrogen (secondary N) is 2. The summed E-state index contributed by atoms with van der Waals surface area (Å²) in [7, 11) is -8.55. The largest absolute Gasteiger partial charge is 0.505 e. The molecule has 0 bridgehead atoms. The maximum atomic E-state index is 13.0. The van der Waals surface area contributed by atoms with Crippen molar-refractivity contribution in [3.63, 3.8) is 0 Å². The van der Waals surface area contributed by atoms with Gasteiger partial charge in [-0.05, 0) is 53.1 Å². The maximum Gasteiger partial charge on any atom is 0.244 e. The fourth-order valence-electron chi connectivity index (χ4n) is 3.76. The van der Waals surface area contributed by atoms with E-state index >= 15 is 0 Å². The van der Waals surface area contributed by atoms with Crippen molar-refractivity contribution in [2.75, 3.05) is 0 Å². The van der Waals surface area contributed by atoms with E-state index in [1.165, 1.54) is 12.1 Å². The first-order chi connectivity index (χ1) is 19.7. The van der Waals surface area contributed by atoms with Crippen LogP contribution < -0.4 is 14.2 Å². The lowest BCUT2D eigenvalue weighted by Crippen LogP contribution is -2.25. The van der Waals surface area contributed by atoms with Crippen molar-refractivity contribution in [2.24, 2.45) is 0 Å². The minimum absolute atomic E-state index is 0.0103. The number of hydrogen-bond donors (Lipinski definition) is 4. The molecule has 4 aromatic rings. The van der Waals surface area contributed by atoms with Crippen molar-refractivity contribution in [3.05, 3.63) is 110 Å². The molecule has 4 rings (SSSR count). The van der Waals surface area contributed by atoms with Gasteiger partial charge in [-0.25, -0.2) is 26.3 Å². The highest BCUT2D eigenvalue weighted by Crippen LogP contribution is 2.35. The van der Waals surface area contributed by atoms with Gasteiger partial charge in [0.1, 0.15) is 22.1 Å². The number of rotatable bonds is 11. The van der Waals surface area contributed by atoms with Gasteiger partial charge in [-0.1, -0.05) is 82.8 Å². The first-order valence-corrected chi connectivity index (χ1v) is 16.4. The van der Waals surface area contributed by atoms with Gasteiger partial charge in [0.15, 0.2) is 11.5 Å². The molecule has 0 radical (unpaired) electrons. The average molecular weight is 692 g/mol. The van der Waals surface area contributed by atoms with Gasteiger partial charge in [0.05, 0.1) is 10.0 Å². The molecule has 0 atom stereocenters. The molecular formula is C27H22Cl4N2O7S2. The molecule has 0 saturated heterocycles. The summed E-state index contributed by atoms with van der Waals surface area (Å²) in [6.07, 6.45) is 0. The number of hydrogen-bond acceptors (Lipinski definition) is 7. The van der Waals surface area contributed by atoms with Crippen molar-refractivity contribution in [1.82, 2.24) is 9.44 Å². The van der Waals surface area contributed by atoms with E-state index in [9.17, 15) is 27.0 Å². The molecule has 0 amide bonds. The Balaban J connectivity index is 1.60. The molecule has 15 heteroatoms. The van der Waals surface area contributed by atoms with E-state index in [0.717, 1.165) is 17.7 Å². The topological polar surface area (TPSA) is 142 Å². The highest BCUT2D eigenvalue weighted by atomic mass is 35.5. The van der Waals surface area contributed by atoms with Crippen LogP contribution in [0.3, 0.4) is 0 Å². The molecule has 0 unspecified atom stereocenters. The van der Waals surface area contributed by atoms with E-state index in [1.54, 1.807) is 18.2 Å². The van der Waals surface area contributed by atoms with Crippen LogP contribution in [0.25, 0.3) is 0 Å². The van der Waals surface area contributed by atoms with Crippen LogP contribution in [-0.2, 0) is 39.7 Å². The molecular weight excluding hydrogens is 670 g/mol. The predicted octanol–water partition coefficient (Wildman–Crippen LogP) is 6.25. The van der Waals surface area contributed by atoms with Crippen molar-refractivity contribution < 1.29 is 31.8 Å². The van der Waals surface area contributed by atoms with Gasteiger partial charge in [0.2, 0.25) is 20.0 Å². The second-order valence-electron chi connectivity index (χ2n) is 8.88. The molecule has 0 aliphatic heterocycles. The lowest BCUT2D eigenvalue weighted by Gasteiger charge is -2.14. The Labute approximate surface area is 262 Å². The van der Waals surface area contributed by atoms with Gasteiger partial charge in [-0.3, -0.25) is 0 Å². The fourth-order valence-corrected chi connectivity index (χ4v) is 7.31. The fraction of sp³-hybridized carbons (Fsp3) is 0.111. The normalized spacial score (nSPS) is 11.9. The number of sulfonamides is 2. The molecule has 222 valence electrons. The van der Waals surface area contributed by atoms with Gasteiger partial charge >= 0.3 is 0 Å². The SMILES string of the molecule is O=S(=O)(NCc1cc(CNS(=O)(=O)c2cc(Cl)cc(Cl)c2O)cc(OCc2ccccc2)c1)c1cc(Cl)cc(Cl)c1O. The van der Waals surface area contributed by atoms with E-state index < -0.39 is 41.3 Å². The highest BCUT2D eigenvalue weighted by Gasteiger charge is 2.23. The van der Waals surface area contributed by atoms with Crippen LogP contribution in [-0.4, -0.2) is 27.0 Å². The standard InChI is InChI=1S/C27H22Cl4N2O7S2/c28-19-9-22(30)26(34)24(11-19)41(36,37)32-13-17-6-18(8-21(7-17)40-15-16-4-2-1-3-5-16)14-33-42(38,39)25-12-20(29)10-23(31)27(25)35/h1-12,32-35H,13-15H2. The van der Waals surface area contributed by atoms with E-state index in [0.29, 0.717) is 16.9 Å². The summed E-state index contributed by atoms with van der Waals surface area (Å²) in [5, 5.41) is 19.9. The van der Waals surface area contributed by atoms with Crippen LogP contribution in [0, 0.1) is 0 Å². The Morgan fingerprint density at radius 1 is 0.619 bits per heavy atom. The van der Waals surface area contributed by atoms with Gasteiger partial charge in [0, 0.05) is 23.1 Å². The smallest absolute Gasteiger partial charge is 0.244 e. The third-order valence-corrected chi connectivity index (χ3v) is 9.61. The molecule has 0 aromatic heterocycles. The second kappa shape index (κ2) is 13.3. The highest BCUT2D eigenvalue weighted by molar-refractivity contribution is 7.89. The minimum Gasteiger partial charge on any atom is -0.505 e. The van der Waals surface area contributed by atoms with Crippen molar-refractivity contribution in [1.29, 1.82) is 0 Å². The quantitative estimate of drug-likeness (QED) is 0.146. The molecule has 0 fully saturated rings. The number of phenolic OH excluding ortho intramolecular Hbond substituents is 2. The molecule has 0 aliphatic rings. The first-order valence-electron chi connectivity index (χ1n) is 11.9. The summed E-state index contributed by atoms with van der Waals surface area (Å²) < 4.78 is 62.5. The lowest BCUT2D eigenvalue weighted by molar-refractivity contribution is 0.305. The molecule has 42 heavy (non-hydrogen) atoms. The van der Waals surface area contributed by atoms with E-state index in [2.05, 4.69) is 9.44 Å². The molecule has 0 aliphatic carbocycles. The molecule has 0 heterocycles. The second-order valence-corrected chi connectivity index (χ2v) is 14.0. The zero-order valence-corrected chi connectivity index (χ0v) is 26.0. The zero-order valence-electron chi connectivity index (χ0n) is 21.3. The average Bonchev–Trinajstić information content (AvgIpc) is 2.94. The van der Waals surface area contributed by atoms with Crippen LogP contribution in [0.2, 0.25) is 20.1 Å². The Morgan fingerprint density at radius 2 is 1.07 bits per heavy atom. The molecule has 0 spiro atoms. The van der Waals surface area contributed by atoms with Crippen LogP contribution in [0.5, 0.6) is 17.2 Å². The third-order valence-electron chi connectivity index (χ3n) is 5.77. The lowest BCUT2D eigenvalue weighted by atomic mass is 10.1. The van der Waals surface area contributed by atoms with E-state index in [4.69, 9.17) is 51.1 Å². The summed E-state index contributed by atoms with van der Waals surface area (Å²) in [4.78, 5) is -1.02. The first kappa shape index (κ1) is 32.2. The molecule has 0 saturated carbocycles. The summed E-state index contributed by atoms with van der Waals surface area (Å²) in [6, 6.07) is 18.5.